The average molecular weight is 338 g/mol. The molecule has 4 nitrogen and oxygen atoms in total. The van der Waals surface area contributed by atoms with Crippen LogP contribution in [0.25, 0.3) is 0 Å². The van der Waals surface area contributed by atoms with Gasteiger partial charge in [-0.25, -0.2) is 0 Å². The molecule has 0 spiro atoms. The number of amides is 1. The summed E-state index contributed by atoms with van der Waals surface area (Å²) < 4.78 is 6.03. The molecule has 0 aliphatic carbocycles. The van der Waals surface area contributed by atoms with Crippen LogP contribution in [0.1, 0.15) is 39.9 Å². The van der Waals surface area contributed by atoms with Crippen LogP contribution in [0, 0.1) is 13.8 Å². The first-order valence-electron chi connectivity index (χ1n) is 8.89. The molecule has 4 heteroatoms. The van der Waals surface area contributed by atoms with Gasteiger partial charge in [-0.2, -0.15) is 0 Å². The smallest absolute Gasteiger partial charge is 0.251 e. The van der Waals surface area contributed by atoms with Crippen LogP contribution in [0.4, 0.5) is 0 Å². The zero-order valence-corrected chi connectivity index (χ0v) is 15.3. The molecular formula is C21H26N2O2. The van der Waals surface area contributed by atoms with Gasteiger partial charge in [0.2, 0.25) is 0 Å². The minimum Gasteiger partial charge on any atom is -0.457 e. The molecule has 1 amide bonds. The second kappa shape index (κ2) is 7.70. The number of ether oxygens (including phenoxy) is 1. The maximum atomic E-state index is 11.9. The van der Waals surface area contributed by atoms with Gasteiger partial charge in [0, 0.05) is 19.2 Å². The Morgan fingerprint density at radius 2 is 1.84 bits per heavy atom. The maximum Gasteiger partial charge on any atom is 0.251 e. The van der Waals surface area contributed by atoms with E-state index in [1.807, 2.05) is 25.1 Å². The molecule has 0 aromatic heterocycles. The van der Waals surface area contributed by atoms with Crippen molar-refractivity contribution in [1.82, 2.24) is 10.2 Å². The van der Waals surface area contributed by atoms with Crippen molar-refractivity contribution in [2.45, 2.75) is 33.2 Å². The molecule has 0 saturated carbocycles. The number of aryl methyl sites for hydroxylation is 2. The zero-order chi connectivity index (χ0) is 17.8. The lowest BCUT2D eigenvalue weighted by Gasteiger charge is -2.16. The Morgan fingerprint density at radius 3 is 2.52 bits per heavy atom. The van der Waals surface area contributed by atoms with Crippen LogP contribution >= 0.6 is 0 Å². The van der Waals surface area contributed by atoms with E-state index in [1.165, 1.54) is 31.5 Å². The van der Waals surface area contributed by atoms with Crippen LogP contribution in [0.5, 0.6) is 11.5 Å². The molecule has 0 radical (unpaired) electrons. The van der Waals surface area contributed by atoms with Gasteiger partial charge in [0.15, 0.2) is 0 Å². The molecule has 0 unspecified atom stereocenters. The molecule has 1 aliphatic heterocycles. The maximum absolute atomic E-state index is 11.9. The third-order valence-electron chi connectivity index (χ3n) is 4.75. The van der Waals surface area contributed by atoms with Crippen LogP contribution in [-0.4, -0.2) is 30.9 Å². The normalized spacial score (nSPS) is 14.5. The summed E-state index contributed by atoms with van der Waals surface area (Å²) in [6.07, 6.45) is 2.61. The Morgan fingerprint density at radius 1 is 1.08 bits per heavy atom. The fourth-order valence-electron chi connectivity index (χ4n) is 3.29. The first-order chi connectivity index (χ1) is 12.1. The Hall–Kier alpha value is -2.33. The number of nitrogens with zero attached hydrogens (tertiary/aromatic N) is 1. The molecule has 1 saturated heterocycles. The number of hydrogen-bond donors (Lipinski definition) is 1. The number of benzene rings is 2. The molecule has 1 fully saturated rings. The predicted octanol–water partition coefficient (Wildman–Crippen LogP) is 4.05. The van der Waals surface area contributed by atoms with Crippen molar-refractivity contribution in [2.24, 2.45) is 0 Å². The second-order valence-electron chi connectivity index (χ2n) is 6.74. The summed E-state index contributed by atoms with van der Waals surface area (Å²) in [6, 6.07) is 12.0. The zero-order valence-electron chi connectivity index (χ0n) is 15.3. The molecule has 2 aromatic rings. The highest BCUT2D eigenvalue weighted by Gasteiger charge is 2.13. The number of likely N-dealkylation sites (tertiary alicyclic amines) is 1. The van der Waals surface area contributed by atoms with E-state index < -0.39 is 0 Å². The van der Waals surface area contributed by atoms with E-state index >= 15 is 0 Å². The summed E-state index contributed by atoms with van der Waals surface area (Å²) in [5, 5.41) is 2.67. The highest BCUT2D eigenvalue weighted by Crippen LogP contribution is 2.28. The Bertz CT molecular complexity index is 764. The first-order valence-corrected chi connectivity index (χ1v) is 8.89. The van der Waals surface area contributed by atoms with Gasteiger partial charge in [0.1, 0.15) is 11.5 Å². The molecule has 1 heterocycles. The molecule has 0 bridgehead atoms. The van der Waals surface area contributed by atoms with Gasteiger partial charge in [0.05, 0.1) is 0 Å². The lowest BCUT2D eigenvalue weighted by molar-refractivity contribution is 0.0962. The quantitative estimate of drug-likeness (QED) is 0.894. The Kier molecular flexibility index (Phi) is 5.39. The number of nitrogens with one attached hydrogen (secondary N) is 1. The Balaban J connectivity index is 1.75. The van der Waals surface area contributed by atoms with Gasteiger partial charge in [0.25, 0.3) is 5.91 Å². The van der Waals surface area contributed by atoms with E-state index in [0.717, 1.165) is 23.4 Å². The largest absolute Gasteiger partial charge is 0.457 e. The van der Waals surface area contributed by atoms with Crippen molar-refractivity contribution in [3.8, 4) is 11.5 Å². The first kappa shape index (κ1) is 17.5. The summed E-state index contributed by atoms with van der Waals surface area (Å²) in [5.41, 5.74) is 4.01. The number of hydrogen-bond acceptors (Lipinski definition) is 3. The third kappa shape index (κ3) is 4.20. The lowest BCUT2D eigenvalue weighted by Crippen LogP contribution is -2.18. The van der Waals surface area contributed by atoms with Gasteiger partial charge < -0.3 is 10.1 Å². The minimum absolute atomic E-state index is 0.0966. The summed E-state index contributed by atoms with van der Waals surface area (Å²) in [6.45, 7) is 7.39. The molecular weight excluding hydrogens is 312 g/mol. The highest BCUT2D eigenvalue weighted by molar-refractivity contribution is 5.95. The van der Waals surface area contributed by atoms with Crippen molar-refractivity contribution in [3.63, 3.8) is 0 Å². The monoisotopic (exact) mass is 338 g/mol. The van der Waals surface area contributed by atoms with E-state index in [-0.39, 0.29) is 5.91 Å². The van der Waals surface area contributed by atoms with E-state index in [1.54, 1.807) is 13.1 Å². The van der Waals surface area contributed by atoms with Crippen LogP contribution in [0.2, 0.25) is 0 Å². The second-order valence-corrected chi connectivity index (χ2v) is 6.74. The number of carbonyl (C=O) groups excluding carboxylic acids is 1. The number of rotatable bonds is 5. The average Bonchev–Trinajstić information content (AvgIpc) is 3.11. The fraction of sp³-hybridized carbons (Fsp3) is 0.381. The van der Waals surface area contributed by atoms with Crippen LogP contribution in [-0.2, 0) is 6.54 Å². The van der Waals surface area contributed by atoms with Crippen molar-refractivity contribution in [3.05, 3.63) is 58.7 Å². The molecule has 25 heavy (non-hydrogen) atoms. The number of carbonyl (C=O) groups is 1. The van der Waals surface area contributed by atoms with E-state index in [0.29, 0.717) is 11.3 Å². The summed E-state index contributed by atoms with van der Waals surface area (Å²) in [7, 11) is 1.64. The third-order valence-corrected chi connectivity index (χ3v) is 4.75. The van der Waals surface area contributed by atoms with E-state index in [9.17, 15) is 4.79 Å². The SMILES string of the molecule is CNC(=O)c1cc(Oc2ccc(CN3CCCC3)cc2C)ccc1C. The van der Waals surface area contributed by atoms with Gasteiger partial charge >= 0.3 is 0 Å². The summed E-state index contributed by atoms with van der Waals surface area (Å²) in [4.78, 5) is 14.4. The van der Waals surface area contributed by atoms with E-state index in [4.69, 9.17) is 4.74 Å². The molecule has 3 rings (SSSR count). The highest BCUT2D eigenvalue weighted by atomic mass is 16.5. The van der Waals surface area contributed by atoms with Crippen molar-refractivity contribution < 1.29 is 9.53 Å². The molecule has 2 aromatic carbocycles. The summed E-state index contributed by atoms with van der Waals surface area (Å²) in [5.74, 6) is 1.41. The van der Waals surface area contributed by atoms with Gasteiger partial charge in [-0.3, -0.25) is 9.69 Å². The van der Waals surface area contributed by atoms with E-state index in [2.05, 4.69) is 29.3 Å². The molecule has 132 valence electrons. The van der Waals surface area contributed by atoms with Crippen molar-refractivity contribution in [1.29, 1.82) is 0 Å². The standard InChI is InChI=1S/C21H26N2O2/c1-15-6-8-18(13-19(15)21(24)22-3)25-20-9-7-17(12-16(20)2)14-23-10-4-5-11-23/h6-9,12-13H,4-5,10-11,14H2,1-3H3,(H,22,24). The summed E-state index contributed by atoms with van der Waals surface area (Å²) >= 11 is 0. The van der Waals surface area contributed by atoms with Crippen LogP contribution < -0.4 is 10.1 Å². The van der Waals surface area contributed by atoms with Gasteiger partial charge in [-0.1, -0.05) is 18.2 Å². The minimum atomic E-state index is -0.0966. The molecule has 1 aliphatic rings. The van der Waals surface area contributed by atoms with Crippen molar-refractivity contribution >= 4 is 5.91 Å². The Labute approximate surface area is 149 Å². The fourth-order valence-corrected chi connectivity index (χ4v) is 3.29. The van der Waals surface area contributed by atoms with Crippen LogP contribution in [0.15, 0.2) is 36.4 Å². The lowest BCUT2D eigenvalue weighted by atomic mass is 10.1. The predicted molar refractivity (Wildman–Crippen MR) is 100 cm³/mol. The van der Waals surface area contributed by atoms with Gasteiger partial charge in [-0.05, 0) is 74.7 Å². The molecule has 0 atom stereocenters. The van der Waals surface area contributed by atoms with Gasteiger partial charge in [-0.15, -0.1) is 0 Å². The topological polar surface area (TPSA) is 41.6 Å². The molecule has 1 N–H and O–H groups in total. The van der Waals surface area contributed by atoms with Crippen molar-refractivity contribution in [2.75, 3.05) is 20.1 Å². The van der Waals surface area contributed by atoms with Crippen LogP contribution in [0.3, 0.4) is 0 Å².